The maximum Gasteiger partial charge on any atom is 0.187 e. The van der Waals surface area contributed by atoms with E-state index in [9.17, 15) is 0 Å². The molecule has 0 aliphatic carbocycles. The summed E-state index contributed by atoms with van der Waals surface area (Å²) in [7, 11) is 0. The van der Waals surface area contributed by atoms with E-state index in [0.717, 1.165) is 0 Å². The Morgan fingerprint density at radius 1 is 1.00 bits per heavy atom. The van der Waals surface area contributed by atoms with Crippen LogP contribution in [0.2, 0.25) is 0 Å². The summed E-state index contributed by atoms with van der Waals surface area (Å²) in [6.45, 7) is 0. The molecular weight excluding hydrogens is 274 g/mol. The molecule has 0 aliphatic rings. The van der Waals surface area contributed by atoms with E-state index in [4.69, 9.17) is 0 Å². The second kappa shape index (κ2) is 27.1. The molecule has 0 radical (unpaired) electrons. The first-order valence-electron chi connectivity index (χ1n) is 0. The molecule has 28 valence electrons. The Hall–Kier alpha value is 3.18. The van der Waals surface area contributed by atoms with Gasteiger partial charge in [0.25, 0.3) is 0 Å². The molecule has 0 amide bonds. The van der Waals surface area contributed by atoms with E-state index in [1.165, 1.54) is 0 Å². The van der Waals surface area contributed by atoms with Crippen molar-refractivity contribution in [2.24, 2.45) is 0 Å². The fourth-order valence-corrected chi connectivity index (χ4v) is 0. The van der Waals surface area contributed by atoms with Gasteiger partial charge in [0.15, 0.2) is 17.4 Å². The zero-order chi connectivity index (χ0) is 0. The molecule has 0 nitrogen and oxygen atoms in total. The van der Waals surface area contributed by atoms with Gasteiger partial charge in [-0.3, -0.25) is 0 Å². The van der Waals surface area contributed by atoms with E-state index >= 15 is 0 Å². The van der Waals surface area contributed by atoms with E-state index in [1.54, 1.807) is 0 Å². The Labute approximate surface area is 98.0 Å². The van der Waals surface area contributed by atoms with Crippen LogP contribution in [0, 0.1) is 0 Å². The van der Waals surface area contributed by atoms with Crippen LogP contribution in [0.5, 0.6) is 0 Å². The van der Waals surface area contributed by atoms with Gasteiger partial charge in [-0.15, -0.1) is 0 Å². The van der Waals surface area contributed by atoms with Crippen LogP contribution < -0.4 is 0 Å². The van der Waals surface area contributed by atoms with Crippen molar-refractivity contribution in [2.75, 3.05) is 0 Å². The van der Waals surface area contributed by atoms with E-state index in [1.807, 2.05) is 0 Å². The van der Waals surface area contributed by atoms with Gasteiger partial charge >= 0.3 is 0 Å². The Balaban J connectivity index is 0. The third-order valence-corrected chi connectivity index (χ3v) is 0. The molecule has 0 rings (SSSR count). The van der Waals surface area contributed by atoms with Gasteiger partial charge in [0.1, 0.15) is 0 Å². The second-order valence-electron chi connectivity index (χ2n) is 0. The van der Waals surface area contributed by atoms with Crippen LogP contribution in [0.25, 0.3) is 0 Å². The summed E-state index contributed by atoms with van der Waals surface area (Å²) in [5, 5.41) is 0. The van der Waals surface area contributed by atoms with Crippen molar-refractivity contribution >= 4 is 17.4 Å². The molecule has 0 aliphatic heterocycles. The van der Waals surface area contributed by atoms with E-state index in [2.05, 4.69) is 0 Å². The Bertz CT molecular complexity index is 11.6. The summed E-state index contributed by atoms with van der Waals surface area (Å²) in [5.41, 5.74) is 0. The van der Waals surface area contributed by atoms with Gasteiger partial charge in [0.05, 0.1) is 0 Å². The first-order valence-corrected chi connectivity index (χ1v) is 0. The summed E-state index contributed by atoms with van der Waals surface area (Å²) >= 11 is 0. The Kier molecular flexibility index (Phi) is 226. The molecule has 0 aromatic carbocycles. The monoisotopic (exact) mass is 276 g/mol. The van der Waals surface area contributed by atoms with E-state index < -0.39 is 0 Å². The van der Waals surface area contributed by atoms with Gasteiger partial charge in [-0.25, -0.2) is 0 Å². The fourth-order valence-electron chi connectivity index (χ4n) is 0. The predicted molar refractivity (Wildman–Crippen MR) is 9.94 cm³/mol. The fraction of sp³-hybridized carbons (Fsp3) is 0. The molecule has 0 aromatic rings. The first-order chi connectivity index (χ1) is 0. The number of rotatable bonds is 0. The molecule has 0 aromatic heterocycles. The van der Waals surface area contributed by atoms with E-state index in [0.29, 0.717) is 0 Å². The van der Waals surface area contributed by atoms with Crippen molar-refractivity contribution in [3.8, 4) is 0 Å². The molecule has 0 saturated heterocycles. The van der Waals surface area contributed by atoms with Gasteiger partial charge in [0, 0.05) is 82.4 Å². The normalized spacial score (nSPS) is 0. The Morgan fingerprint density at radius 3 is 1.00 bits per heavy atom. The minimum atomic E-state index is 0. The molecule has 0 heterocycles. The summed E-state index contributed by atoms with van der Waals surface area (Å²) in [6.07, 6.45) is 0. The molecular formula is H3AlCrFeTiZr. The van der Waals surface area contributed by atoms with Gasteiger partial charge in [-0.05, 0) is 0 Å². The zero-order valence-corrected chi connectivity index (χ0v) is 8.16. The molecule has 0 bridgehead atoms. The van der Waals surface area contributed by atoms with Crippen LogP contribution in [0.3, 0.4) is 0 Å². The zero-order valence-electron chi connectivity index (χ0n) is 1.76. The maximum atomic E-state index is 0. The van der Waals surface area contributed by atoms with Crippen molar-refractivity contribution in [3.63, 3.8) is 0 Å². The van der Waals surface area contributed by atoms with Gasteiger partial charge in [0.2, 0.25) is 0 Å². The van der Waals surface area contributed by atoms with Crippen LogP contribution in [0.1, 0.15) is 0 Å². The third kappa shape index (κ3) is 19.0. The predicted octanol–water partition coefficient (Wildman–Crippen LogP) is -1.19. The first kappa shape index (κ1) is 41.7. The summed E-state index contributed by atoms with van der Waals surface area (Å²) < 4.78 is 0. The quantitative estimate of drug-likeness (QED) is 0.488. The van der Waals surface area contributed by atoms with Gasteiger partial charge < -0.3 is 0 Å². The van der Waals surface area contributed by atoms with Crippen molar-refractivity contribution in [2.45, 2.75) is 0 Å². The summed E-state index contributed by atoms with van der Waals surface area (Å²) in [5.74, 6) is 0. The molecule has 5 heavy (non-hydrogen) atoms. The minimum absolute atomic E-state index is 0. The molecule has 5 heteroatoms. The summed E-state index contributed by atoms with van der Waals surface area (Å²) in [6, 6.07) is 0. The smallest absolute Gasteiger partial charge is 0 e. The van der Waals surface area contributed by atoms with Crippen LogP contribution in [-0.2, 0) is 82.4 Å². The Morgan fingerprint density at radius 2 is 1.00 bits per heavy atom. The standard InChI is InChI=1S/Al.Cr.Fe.Ti.Zr.3H. The third-order valence-electron chi connectivity index (χ3n) is 0. The number of hydrogen-bond acceptors (Lipinski definition) is 0. The van der Waals surface area contributed by atoms with Crippen molar-refractivity contribution in [3.05, 3.63) is 0 Å². The average molecular weight is 277 g/mol. The molecule has 0 spiro atoms. The van der Waals surface area contributed by atoms with Gasteiger partial charge in [-0.1, -0.05) is 0 Å². The van der Waals surface area contributed by atoms with Crippen molar-refractivity contribution in [1.82, 2.24) is 0 Å². The second-order valence-corrected chi connectivity index (χ2v) is 0. The average Bonchev–Trinajstić information content (AvgIpc) is 0. The molecule has 0 N–H and O–H groups in total. The minimum Gasteiger partial charge on any atom is 0 e. The van der Waals surface area contributed by atoms with E-state index in [-0.39, 0.29) is 99.7 Å². The molecule has 0 saturated carbocycles. The maximum absolute atomic E-state index is 0. The van der Waals surface area contributed by atoms with Crippen LogP contribution in [-0.4, -0.2) is 17.4 Å². The van der Waals surface area contributed by atoms with Crippen LogP contribution in [0.4, 0.5) is 0 Å². The SMILES string of the molecule is [AlH3].[Cr].[Fe].[Ti].[Zr]. The van der Waals surface area contributed by atoms with Crippen molar-refractivity contribution in [1.29, 1.82) is 0 Å². The van der Waals surface area contributed by atoms with Crippen LogP contribution >= 0.6 is 0 Å². The van der Waals surface area contributed by atoms with Crippen LogP contribution in [0.15, 0.2) is 0 Å². The summed E-state index contributed by atoms with van der Waals surface area (Å²) in [4.78, 5) is 0. The molecule has 0 unspecified atom stereocenters. The van der Waals surface area contributed by atoms with Gasteiger partial charge in [-0.2, -0.15) is 0 Å². The largest absolute Gasteiger partial charge is 0.187 e. The molecule has 0 fully saturated rings. The number of hydrogen-bond donors (Lipinski definition) is 0. The van der Waals surface area contributed by atoms with Crippen molar-refractivity contribution < 1.29 is 82.4 Å². The molecule has 0 atom stereocenters. The topological polar surface area (TPSA) is 0 Å².